The Morgan fingerprint density at radius 2 is 1.83 bits per heavy atom. The quantitative estimate of drug-likeness (QED) is 0.464. The summed E-state index contributed by atoms with van der Waals surface area (Å²) in [5.41, 5.74) is 3.10. The summed E-state index contributed by atoms with van der Waals surface area (Å²) in [7, 11) is 0. The highest BCUT2D eigenvalue weighted by Crippen LogP contribution is 2.40. The minimum absolute atomic E-state index is 0.158. The molecule has 0 fully saturated rings. The minimum Gasteiger partial charge on any atom is -0.166 e. The molecular weight excluding hydrogens is 309 g/mol. The first-order valence-electron chi connectivity index (χ1n) is 8.21. The van der Waals surface area contributed by atoms with Crippen molar-refractivity contribution in [3.05, 3.63) is 71.4 Å². The van der Waals surface area contributed by atoms with Gasteiger partial charge in [-0.25, -0.2) is 0 Å². The van der Waals surface area contributed by atoms with Crippen LogP contribution in [-0.2, 0) is 0 Å². The molecule has 0 amide bonds. The molecule has 0 bridgehead atoms. The summed E-state index contributed by atoms with van der Waals surface area (Å²) in [4.78, 5) is 0. The lowest BCUT2D eigenvalue weighted by Crippen LogP contribution is -2.19. The Morgan fingerprint density at radius 3 is 2.38 bits per heavy atom. The SMILES string of the molecule is C=C/C=C(/C=C/C=C(C)/C=C/C1=C(C)CCCC1(C)C)C(F)(F)F. The fraction of sp³-hybridized carbons (Fsp3) is 0.429. The van der Waals surface area contributed by atoms with Crippen molar-refractivity contribution in [1.29, 1.82) is 0 Å². The normalized spacial score (nSPS) is 20.3. The zero-order valence-corrected chi connectivity index (χ0v) is 15.0. The van der Waals surface area contributed by atoms with Crippen molar-refractivity contribution in [1.82, 2.24) is 0 Å². The van der Waals surface area contributed by atoms with Crippen LogP contribution < -0.4 is 0 Å². The van der Waals surface area contributed by atoms with Crippen molar-refractivity contribution in [2.24, 2.45) is 5.41 Å². The molecule has 0 radical (unpaired) electrons. The van der Waals surface area contributed by atoms with Crippen molar-refractivity contribution in [2.75, 3.05) is 0 Å². The van der Waals surface area contributed by atoms with Gasteiger partial charge in [0.15, 0.2) is 0 Å². The van der Waals surface area contributed by atoms with Crippen LogP contribution in [0.5, 0.6) is 0 Å². The van der Waals surface area contributed by atoms with Crippen LogP contribution in [0.3, 0.4) is 0 Å². The lowest BCUT2D eigenvalue weighted by Gasteiger charge is -2.32. The summed E-state index contributed by atoms with van der Waals surface area (Å²) in [6.07, 6.45) is 9.49. The zero-order chi connectivity index (χ0) is 18.4. The summed E-state index contributed by atoms with van der Waals surface area (Å²) in [6.45, 7) is 11.8. The van der Waals surface area contributed by atoms with Crippen LogP contribution in [0.2, 0.25) is 0 Å². The van der Waals surface area contributed by atoms with Crippen LogP contribution in [0.25, 0.3) is 0 Å². The molecule has 132 valence electrons. The van der Waals surface area contributed by atoms with Crippen molar-refractivity contribution in [2.45, 2.75) is 53.1 Å². The monoisotopic (exact) mass is 336 g/mol. The van der Waals surface area contributed by atoms with Gasteiger partial charge in [0.2, 0.25) is 0 Å². The zero-order valence-electron chi connectivity index (χ0n) is 15.0. The second kappa shape index (κ2) is 8.36. The van der Waals surface area contributed by atoms with E-state index < -0.39 is 11.7 Å². The van der Waals surface area contributed by atoms with E-state index in [1.165, 1.54) is 23.6 Å². The Bertz CT molecular complexity index is 605. The molecule has 0 saturated heterocycles. The number of alkyl halides is 3. The van der Waals surface area contributed by atoms with E-state index in [-0.39, 0.29) is 5.41 Å². The average Bonchev–Trinajstić information content (AvgIpc) is 2.44. The average molecular weight is 336 g/mol. The van der Waals surface area contributed by atoms with E-state index in [0.717, 1.165) is 36.6 Å². The molecule has 0 spiro atoms. The predicted molar refractivity (Wildman–Crippen MR) is 96.7 cm³/mol. The van der Waals surface area contributed by atoms with Gasteiger partial charge in [-0.15, -0.1) is 0 Å². The molecule has 0 saturated carbocycles. The first kappa shape index (κ1) is 20.3. The van der Waals surface area contributed by atoms with Gasteiger partial charge in [0.1, 0.15) is 0 Å². The molecule has 0 aliphatic heterocycles. The predicted octanol–water partition coefficient (Wildman–Crippen LogP) is 7.25. The highest BCUT2D eigenvalue weighted by atomic mass is 19.4. The van der Waals surface area contributed by atoms with Gasteiger partial charge in [-0.2, -0.15) is 13.2 Å². The Kier molecular flexibility index (Phi) is 7.07. The number of hydrogen-bond donors (Lipinski definition) is 0. The van der Waals surface area contributed by atoms with Gasteiger partial charge in [-0.05, 0) is 44.1 Å². The molecule has 0 atom stereocenters. The molecule has 0 aromatic carbocycles. The third-order valence-electron chi connectivity index (χ3n) is 4.31. The molecule has 1 aliphatic carbocycles. The molecule has 0 N–H and O–H groups in total. The number of rotatable bonds is 5. The van der Waals surface area contributed by atoms with E-state index in [4.69, 9.17) is 0 Å². The molecule has 1 rings (SSSR count). The smallest absolute Gasteiger partial charge is 0.166 e. The standard InChI is InChI=1S/C21H27F3/c1-6-9-18(21(22,23)24)12-7-10-16(2)13-14-19-17(3)11-8-15-20(19,4)5/h6-7,9-10,12-14H,1,8,11,15H2,2-5H3/b12-7+,14-13+,16-10+,18-9-. The minimum atomic E-state index is -4.36. The topological polar surface area (TPSA) is 0 Å². The van der Waals surface area contributed by atoms with Crippen LogP contribution in [0.1, 0.15) is 47.0 Å². The van der Waals surface area contributed by atoms with Gasteiger partial charge < -0.3 is 0 Å². The van der Waals surface area contributed by atoms with Crippen molar-refractivity contribution in [3.63, 3.8) is 0 Å². The summed E-state index contributed by atoms with van der Waals surface area (Å²) in [5.74, 6) is 0. The Morgan fingerprint density at radius 1 is 1.17 bits per heavy atom. The second-order valence-electron chi connectivity index (χ2n) is 6.89. The second-order valence-corrected chi connectivity index (χ2v) is 6.89. The maximum absolute atomic E-state index is 12.7. The van der Waals surface area contributed by atoms with Crippen molar-refractivity contribution >= 4 is 0 Å². The highest BCUT2D eigenvalue weighted by molar-refractivity contribution is 5.37. The van der Waals surface area contributed by atoms with Crippen molar-refractivity contribution < 1.29 is 13.2 Å². The summed E-state index contributed by atoms with van der Waals surface area (Å²) < 4.78 is 38.2. The van der Waals surface area contributed by atoms with Gasteiger partial charge >= 0.3 is 6.18 Å². The lowest BCUT2D eigenvalue weighted by molar-refractivity contribution is -0.0881. The molecule has 0 heterocycles. The summed E-state index contributed by atoms with van der Waals surface area (Å²) in [5, 5.41) is 0. The molecule has 0 aromatic rings. The van der Waals surface area contributed by atoms with Gasteiger partial charge in [0.05, 0.1) is 5.57 Å². The maximum Gasteiger partial charge on any atom is 0.416 e. The van der Waals surface area contributed by atoms with Gasteiger partial charge in [0, 0.05) is 0 Å². The Balaban J connectivity index is 2.89. The van der Waals surface area contributed by atoms with Gasteiger partial charge in [-0.1, -0.05) is 74.1 Å². The van der Waals surface area contributed by atoms with Crippen LogP contribution >= 0.6 is 0 Å². The summed E-state index contributed by atoms with van der Waals surface area (Å²) in [6, 6.07) is 0. The molecule has 0 unspecified atom stereocenters. The fourth-order valence-corrected chi connectivity index (χ4v) is 2.96. The molecule has 24 heavy (non-hydrogen) atoms. The molecule has 0 aromatic heterocycles. The van der Waals surface area contributed by atoms with Crippen molar-refractivity contribution in [3.8, 4) is 0 Å². The summed E-state index contributed by atoms with van der Waals surface area (Å²) >= 11 is 0. The first-order valence-corrected chi connectivity index (χ1v) is 8.21. The Labute approximate surface area is 143 Å². The number of hydrogen-bond acceptors (Lipinski definition) is 0. The van der Waals surface area contributed by atoms with E-state index >= 15 is 0 Å². The maximum atomic E-state index is 12.7. The number of halogens is 3. The van der Waals surface area contributed by atoms with E-state index in [1.54, 1.807) is 6.08 Å². The van der Waals surface area contributed by atoms with E-state index in [1.807, 2.05) is 13.0 Å². The third kappa shape index (κ3) is 6.03. The molecule has 3 heteroatoms. The highest BCUT2D eigenvalue weighted by Gasteiger charge is 2.31. The van der Waals surface area contributed by atoms with Gasteiger partial charge in [0.25, 0.3) is 0 Å². The van der Waals surface area contributed by atoms with E-state index in [2.05, 4.69) is 33.4 Å². The molecular formula is C21H27F3. The molecule has 1 aliphatic rings. The largest absolute Gasteiger partial charge is 0.416 e. The third-order valence-corrected chi connectivity index (χ3v) is 4.31. The van der Waals surface area contributed by atoms with Crippen LogP contribution in [0, 0.1) is 5.41 Å². The fourth-order valence-electron chi connectivity index (χ4n) is 2.96. The lowest BCUT2D eigenvalue weighted by atomic mass is 9.72. The molecule has 0 nitrogen and oxygen atoms in total. The van der Waals surface area contributed by atoms with E-state index in [0.29, 0.717) is 0 Å². The van der Waals surface area contributed by atoms with Crippen LogP contribution in [-0.4, -0.2) is 6.18 Å². The van der Waals surface area contributed by atoms with Gasteiger partial charge in [-0.3, -0.25) is 0 Å². The number of allylic oxidation sites excluding steroid dienone is 11. The first-order chi connectivity index (χ1) is 11.1. The van der Waals surface area contributed by atoms with E-state index in [9.17, 15) is 13.2 Å². The van der Waals surface area contributed by atoms with Crippen LogP contribution in [0.4, 0.5) is 13.2 Å². The van der Waals surface area contributed by atoms with Crippen LogP contribution in [0.15, 0.2) is 71.4 Å². The Hall–Kier alpha value is -1.77.